The molecule has 0 aromatic carbocycles. The Labute approximate surface area is 110 Å². The van der Waals surface area contributed by atoms with Crippen molar-refractivity contribution in [3.8, 4) is 0 Å². The molecule has 0 aliphatic carbocycles. The van der Waals surface area contributed by atoms with Crippen LogP contribution in [0.3, 0.4) is 0 Å². The minimum atomic E-state index is -3.08. The molecule has 1 saturated heterocycles. The minimum Gasteiger partial charge on any atom is -0.378 e. The SMILES string of the molecule is O=S1(=O)CC/C(=N/N2CCOCC2)c2ccsc21. The van der Waals surface area contributed by atoms with Gasteiger partial charge in [0.15, 0.2) is 9.84 Å². The van der Waals surface area contributed by atoms with Crippen LogP contribution in [0.4, 0.5) is 0 Å². The third-order valence-corrected chi connectivity index (χ3v) is 6.36. The van der Waals surface area contributed by atoms with E-state index in [1.807, 2.05) is 16.5 Å². The summed E-state index contributed by atoms with van der Waals surface area (Å²) in [4.78, 5) is 0. The second kappa shape index (κ2) is 4.64. The maximum Gasteiger partial charge on any atom is 0.188 e. The molecular formula is C11H14N2O3S2. The van der Waals surface area contributed by atoms with Crippen molar-refractivity contribution in [2.24, 2.45) is 5.10 Å². The molecule has 0 saturated carbocycles. The van der Waals surface area contributed by atoms with Gasteiger partial charge in [0.05, 0.1) is 37.8 Å². The normalized spacial score (nSPS) is 25.1. The summed E-state index contributed by atoms with van der Waals surface area (Å²) < 4.78 is 29.5. The number of hydrogen-bond acceptors (Lipinski definition) is 6. The first-order valence-electron chi connectivity index (χ1n) is 5.87. The summed E-state index contributed by atoms with van der Waals surface area (Å²) >= 11 is 1.29. The molecule has 18 heavy (non-hydrogen) atoms. The maximum absolute atomic E-state index is 11.9. The van der Waals surface area contributed by atoms with E-state index in [9.17, 15) is 8.42 Å². The number of hydrogen-bond donors (Lipinski definition) is 0. The van der Waals surface area contributed by atoms with Crippen molar-refractivity contribution in [3.05, 3.63) is 17.0 Å². The fourth-order valence-electron chi connectivity index (χ4n) is 2.14. The fraction of sp³-hybridized carbons (Fsp3) is 0.545. The summed E-state index contributed by atoms with van der Waals surface area (Å²) in [6.45, 7) is 2.92. The van der Waals surface area contributed by atoms with Crippen LogP contribution in [-0.4, -0.2) is 51.2 Å². The number of hydrazone groups is 1. The highest BCUT2D eigenvalue weighted by molar-refractivity contribution is 7.93. The van der Waals surface area contributed by atoms with E-state index in [0.717, 1.165) is 24.4 Å². The Bertz CT molecular complexity index is 571. The van der Waals surface area contributed by atoms with Crippen molar-refractivity contribution >= 4 is 26.9 Å². The van der Waals surface area contributed by atoms with Gasteiger partial charge in [-0.3, -0.25) is 5.01 Å². The molecule has 1 aromatic rings. The molecule has 0 radical (unpaired) electrons. The predicted molar refractivity (Wildman–Crippen MR) is 69.9 cm³/mol. The summed E-state index contributed by atoms with van der Waals surface area (Å²) in [5.41, 5.74) is 1.68. The Hall–Kier alpha value is -0.920. The first kappa shape index (κ1) is 12.1. The lowest BCUT2D eigenvalue weighted by Crippen LogP contribution is -2.34. The van der Waals surface area contributed by atoms with Crippen LogP contribution in [0.1, 0.15) is 12.0 Å². The van der Waals surface area contributed by atoms with Crippen LogP contribution in [0, 0.1) is 0 Å². The van der Waals surface area contributed by atoms with E-state index in [1.54, 1.807) is 0 Å². The van der Waals surface area contributed by atoms with Crippen LogP contribution < -0.4 is 0 Å². The summed E-state index contributed by atoms with van der Waals surface area (Å²) in [5.74, 6) is 0.170. The van der Waals surface area contributed by atoms with Crippen LogP contribution in [0.25, 0.3) is 0 Å². The lowest BCUT2D eigenvalue weighted by atomic mass is 10.1. The Morgan fingerprint density at radius 1 is 1.33 bits per heavy atom. The van der Waals surface area contributed by atoms with E-state index in [2.05, 4.69) is 5.10 Å². The monoisotopic (exact) mass is 286 g/mol. The van der Waals surface area contributed by atoms with E-state index in [4.69, 9.17) is 4.74 Å². The third-order valence-electron chi connectivity index (χ3n) is 3.08. The van der Waals surface area contributed by atoms with E-state index < -0.39 is 9.84 Å². The van der Waals surface area contributed by atoms with Crippen molar-refractivity contribution in [1.29, 1.82) is 0 Å². The first-order chi connectivity index (χ1) is 8.67. The molecule has 0 atom stereocenters. The molecule has 7 heteroatoms. The Morgan fingerprint density at radius 3 is 2.89 bits per heavy atom. The molecule has 2 aliphatic heterocycles. The van der Waals surface area contributed by atoms with Gasteiger partial charge in [-0.2, -0.15) is 5.10 Å². The highest BCUT2D eigenvalue weighted by atomic mass is 32.2. The van der Waals surface area contributed by atoms with Gasteiger partial charge >= 0.3 is 0 Å². The van der Waals surface area contributed by atoms with Crippen molar-refractivity contribution in [2.45, 2.75) is 10.6 Å². The molecule has 98 valence electrons. The molecule has 0 unspecified atom stereocenters. The van der Waals surface area contributed by atoms with Crippen LogP contribution in [-0.2, 0) is 14.6 Å². The summed E-state index contributed by atoms with van der Waals surface area (Å²) in [6.07, 6.45) is 0.503. The molecule has 3 heterocycles. The molecule has 1 fully saturated rings. The zero-order chi connectivity index (χ0) is 12.6. The average Bonchev–Trinajstić information content (AvgIpc) is 2.85. The number of rotatable bonds is 1. The smallest absolute Gasteiger partial charge is 0.188 e. The molecule has 2 aliphatic rings. The maximum atomic E-state index is 11.9. The first-order valence-corrected chi connectivity index (χ1v) is 8.41. The van der Waals surface area contributed by atoms with E-state index >= 15 is 0 Å². The number of nitrogens with zero attached hydrogens (tertiary/aromatic N) is 2. The lowest BCUT2D eigenvalue weighted by Gasteiger charge is -2.26. The molecule has 5 nitrogen and oxygen atoms in total. The zero-order valence-corrected chi connectivity index (χ0v) is 11.5. The molecule has 3 rings (SSSR count). The van der Waals surface area contributed by atoms with Crippen molar-refractivity contribution in [2.75, 3.05) is 32.1 Å². The van der Waals surface area contributed by atoms with E-state index in [0.29, 0.717) is 23.8 Å². The minimum absolute atomic E-state index is 0.170. The van der Waals surface area contributed by atoms with Gasteiger partial charge in [-0.25, -0.2) is 8.42 Å². The summed E-state index contributed by atoms with van der Waals surface area (Å²) in [5, 5.41) is 8.38. The summed E-state index contributed by atoms with van der Waals surface area (Å²) in [6, 6.07) is 1.86. The largest absolute Gasteiger partial charge is 0.378 e. The standard InChI is InChI=1S/C11H14N2O3S2/c14-18(15)8-2-10(9-1-7-17-11(9)18)12-13-3-5-16-6-4-13/h1,7H,2-6,8H2/b12-10-. The Balaban J connectivity index is 1.93. The van der Waals surface area contributed by atoms with Gasteiger partial charge in [0.2, 0.25) is 0 Å². The number of thiophene rings is 1. The van der Waals surface area contributed by atoms with Gasteiger partial charge in [0.25, 0.3) is 0 Å². The zero-order valence-electron chi connectivity index (χ0n) is 9.83. The van der Waals surface area contributed by atoms with Gasteiger partial charge in [0, 0.05) is 12.0 Å². The quantitative estimate of drug-likeness (QED) is 0.771. The van der Waals surface area contributed by atoms with Gasteiger partial charge in [-0.1, -0.05) is 0 Å². The highest BCUT2D eigenvalue weighted by Gasteiger charge is 2.29. The second-order valence-electron chi connectivity index (χ2n) is 4.30. The van der Waals surface area contributed by atoms with Gasteiger partial charge in [-0.15, -0.1) is 11.3 Å². The molecule has 0 N–H and O–H groups in total. The van der Waals surface area contributed by atoms with E-state index in [1.165, 1.54) is 11.3 Å². The summed E-state index contributed by atoms with van der Waals surface area (Å²) in [7, 11) is -3.08. The molecule has 0 amide bonds. The molecule has 1 aromatic heterocycles. The predicted octanol–water partition coefficient (Wildman–Crippen LogP) is 0.962. The number of fused-ring (bicyclic) bond motifs is 1. The molecule has 0 spiro atoms. The van der Waals surface area contributed by atoms with Crippen LogP contribution in [0.2, 0.25) is 0 Å². The average molecular weight is 286 g/mol. The highest BCUT2D eigenvalue weighted by Crippen LogP contribution is 2.30. The van der Waals surface area contributed by atoms with Gasteiger partial charge in [0.1, 0.15) is 4.21 Å². The van der Waals surface area contributed by atoms with Crippen molar-refractivity contribution in [3.63, 3.8) is 0 Å². The van der Waals surface area contributed by atoms with Crippen LogP contribution >= 0.6 is 11.3 Å². The number of sulfone groups is 1. The van der Waals surface area contributed by atoms with Crippen molar-refractivity contribution < 1.29 is 13.2 Å². The Morgan fingerprint density at radius 2 is 2.11 bits per heavy atom. The fourth-order valence-corrected chi connectivity index (χ4v) is 4.95. The van der Waals surface area contributed by atoms with Gasteiger partial charge in [-0.05, 0) is 11.4 Å². The second-order valence-corrected chi connectivity index (χ2v) is 7.52. The Kier molecular flexibility index (Phi) is 3.13. The van der Waals surface area contributed by atoms with Gasteiger partial charge < -0.3 is 4.74 Å². The van der Waals surface area contributed by atoms with Crippen molar-refractivity contribution in [1.82, 2.24) is 5.01 Å². The topological polar surface area (TPSA) is 59.0 Å². The number of morpholine rings is 1. The lowest BCUT2D eigenvalue weighted by molar-refractivity contribution is 0.0393. The molecule has 0 bridgehead atoms. The van der Waals surface area contributed by atoms with Crippen LogP contribution in [0.15, 0.2) is 20.8 Å². The molecular weight excluding hydrogens is 272 g/mol. The third kappa shape index (κ3) is 2.17. The number of ether oxygens (including phenoxy) is 1. The van der Waals surface area contributed by atoms with E-state index in [-0.39, 0.29) is 5.75 Å². The van der Waals surface area contributed by atoms with Crippen LogP contribution in [0.5, 0.6) is 0 Å².